The zero-order chi connectivity index (χ0) is 8.27. The minimum atomic E-state index is -1.11. The smallest absolute Gasteiger partial charge is 0.0790 e. The second kappa shape index (κ2) is 4.90. The molecule has 1 aromatic carbocycles. The summed E-state index contributed by atoms with van der Waals surface area (Å²) in [7, 11) is 0. The van der Waals surface area contributed by atoms with Crippen LogP contribution < -0.4 is 11.3 Å². The number of aliphatic carboxylic acids is 1. The van der Waals surface area contributed by atoms with E-state index < -0.39 is 10.8 Å². The van der Waals surface area contributed by atoms with Gasteiger partial charge in [0, 0.05) is 0 Å². The number of quaternary nitrogens is 1. The van der Waals surface area contributed by atoms with Crippen molar-refractivity contribution in [1.29, 1.82) is 0 Å². The molecule has 0 amide bonds. The Kier molecular flexibility index (Phi) is 4.54. The molecule has 1 atom stereocenters. The molecule has 0 saturated heterocycles. The number of carbonyl (C=O) groups is 1. The summed E-state index contributed by atoms with van der Waals surface area (Å²) in [6.07, 6.45) is 0. The second-order valence-electron chi connectivity index (χ2n) is 2.09. The number of alkyl halides is 1. The van der Waals surface area contributed by atoms with E-state index in [1.807, 2.05) is 6.07 Å². The lowest BCUT2D eigenvalue weighted by Crippen LogP contribution is -2.26. The fraction of sp³-hybridized carbons (Fsp3) is 0.125. The first-order valence-electron chi connectivity index (χ1n) is 3.11. The van der Waals surface area contributed by atoms with Crippen LogP contribution in [0, 0.1) is 0 Å². The van der Waals surface area contributed by atoms with Crippen LogP contribution in [0.1, 0.15) is 10.4 Å². The van der Waals surface area contributed by atoms with Crippen LogP contribution in [-0.4, -0.2) is 5.97 Å². The summed E-state index contributed by atoms with van der Waals surface area (Å²) in [6, 6.07) is 8.86. The van der Waals surface area contributed by atoms with Crippen LogP contribution >= 0.6 is 15.9 Å². The number of halogens is 1. The third-order valence-corrected chi connectivity index (χ3v) is 2.20. The van der Waals surface area contributed by atoms with Crippen LogP contribution in [0.15, 0.2) is 30.3 Å². The highest BCUT2D eigenvalue weighted by atomic mass is 79.9. The van der Waals surface area contributed by atoms with Gasteiger partial charge in [0.2, 0.25) is 0 Å². The molecule has 12 heavy (non-hydrogen) atoms. The van der Waals surface area contributed by atoms with E-state index >= 15 is 0 Å². The molecular formula is C8H10BrNO2. The Morgan fingerprint density at radius 3 is 2.25 bits per heavy atom. The van der Waals surface area contributed by atoms with E-state index in [1.165, 1.54) is 0 Å². The van der Waals surface area contributed by atoms with Crippen molar-refractivity contribution >= 4 is 21.9 Å². The SMILES string of the molecule is O=C([O-])C(Br)c1ccccc1.[NH4+]. The van der Waals surface area contributed by atoms with Crippen molar-refractivity contribution in [1.82, 2.24) is 6.15 Å². The average molecular weight is 232 g/mol. The van der Waals surface area contributed by atoms with Gasteiger partial charge in [-0.3, -0.25) is 0 Å². The summed E-state index contributed by atoms with van der Waals surface area (Å²) in [5, 5.41) is 10.3. The fourth-order valence-electron chi connectivity index (χ4n) is 0.758. The van der Waals surface area contributed by atoms with E-state index in [-0.39, 0.29) is 6.15 Å². The predicted octanol–water partition coefficient (Wildman–Crippen LogP) is 1.25. The molecule has 3 nitrogen and oxygen atoms in total. The lowest BCUT2D eigenvalue weighted by Gasteiger charge is -2.09. The summed E-state index contributed by atoms with van der Waals surface area (Å²) < 4.78 is 0. The van der Waals surface area contributed by atoms with Crippen molar-refractivity contribution in [3.63, 3.8) is 0 Å². The molecule has 0 aliphatic rings. The van der Waals surface area contributed by atoms with Crippen molar-refractivity contribution in [2.24, 2.45) is 0 Å². The predicted molar refractivity (Wildman–Crippen MR) is 49.1 cm³/mol. The molecule has 0 spiro atoms. The molecule has 0 aromatic heterocycles. The Balaban J connectivity index is 0.00000121. The van der Waals surface area contributed by atoms with Gasteiger partial charge in [0.25, 0.3) is 0 Å². The van der Waals surface area contributed by atoms with Crippen molar-refractivity contribution in [3.8, 4) is 0 Å². The van der Waals surface area contributed by atoms with Crippen LogP contribution in [0.2, 0.25) is 0 Å². The molecular weight excluding hydrogens is 222 g/mol. The first kappa shape index (κ1) is 11.1. The van der Waals surface area contributed by atoms with Crippen molar-refractivity contribution < 1.29 is 9.90 Å². The Bertz CT molecular complexity index is 250. The van der Waals surface area contributed by atoms with E-state index in [1.54, 1.807) is 24.3 Å². The summed E-state index contributed by atoms with van der Waals surface area (Å²) in [5.74, 6) is -1.11. The Labute approximate surface area is 79.1 Å². The van der Waals surface area contributed by atoms with Crippen LogP contribution in [0.3, 0.4) is 0 Å². The molecule has 66 valence electrons. The number of carbonyl (C=O) groups excluding carboxylic acids is 1. The molecule has 1 unspecified atom stereocenters. The van der Waals surface area contributed by atoms with Crippen LogP contribution in [0.25, 0.3) is 0 Å². The summed E-state index contributed by atoms with van der Waals surface area (Å²) in [5.41, 5.74) is 0.701. The molecule has 1 rings (SSSR count). The highest BCUT2D eigenvalue weighted by Crippen LogP contribution is 2.20. The minimum absolute atomic E-state index is 0. The molecule has 0 aliphatic carbocycles. The Morgan fingerprint density at radius 2 is 1.83 bits per heavy atom. The van der Waals surface area contributed by atoms with Gasteiger partial charge in [-0.25, -0.2) is 0 Å². The molecule has 0 saturated carbocycles. The lowest BCUT2D eigenvalue weighted by atomic mass is 10.2. The van der Waals surface area contributed by atoms with E-state index in [0.29, 0.717) is 5.56 Å². The van der Waals surface area contributed by atoms with Gasteiger partial charge in [0.15, 0.2) is 0 Å². The van der Waals surface area contributed by atoms with Crippen molar-refractivity contribution in [2.45, 2.75) is 4.83 Å². The third-order valence-electron chi connectivity index (χ3n) is 1.30. The first-order valence-corrected chi connectivity index (χ1v) is 4.03. The standard InChI is InChI=1S/C8H7BrO2.H3N/c9-7(8(10)11)6-4-2-1-3-5-6;/h1-5,7H,(H,10,11);1H3. The number of hydrogen-bond donors (Lipinski definition) is 1. The second-order valence-corrected chi connectivity index (χ2v) is 3.01. The molecule has 0 heterocycles. The quantitative estimate of drug-likeness (QED) is 0.779. The molecule has 4 N–H and O–H groups in total. The molecule has 0 radical (unpaired) electrons. The third kappa shape index (κ3) is 2.64. The van der Waals surface area contributed by atoms with Crippen LogP contribution in [0.5, 0.6) is 0 Å². The maximum atomic E-state index is 10.3. The molecule has 0 fully saturated rings. The van der Waals surface area contributed by atoms with E-state index in [9.17, 15) is 9.90 Å². The molecule has 1 aromatic rings. The summed E-state index contributed by atoms with van der Waals surface area (Å²) in [4.78, 5) is 9.64. The number of carboxylic acids is 1. The van der Waals surface area contributed by atoms with E-state index in [4.69, 9.17) is 0 Å². The maximum Gasteiger partial charge on any atom is 0.0790 e. The average Bonchev–Trinajstić information content (AvgIpc) is 2.05. The lowest BCUT2D eigenvalue weighted by molar-refractivity contribution is -0.304. The van der Waals surface area contributed by atoms with Gasteiger partial charge in [0.1, 0.15) is 0 Å². The van der Waals surface area contributed by atoms with Crippen LogP contribution in [0.4, 0.5) is 0 Å². The molecule has 4 heteroatoms. The number of benzene rings is 1. The summed E-state index contributed by atoms with van der Waals surface area (Å²) in [6.45, 7) is 0. The van der Waals surface area contributed by atoms with Gasteiger partial charge in [-0.15, -0.1) is 0 Å². The number of carboxylic acid groups (broad SMARTS) is 1. The first-order chi connectivity index (χ1) is 5.22. The van der Waals surface area contributed by atoms with Crippen molar-refractivity contribution in [3.05, 3.63) is 35.9 Å². The zero-order valence-corrected chi connectivity index (χ0v) is 8.24. The highest BCUT2D eigenvalue weighted by Gasteiger charge is 2.05. The highest BCUT2D eigenvalue weighted by molar-refractivity contribution is 9.09. The van der Waals surface area contributed by atoms with Gasteiger partial charge in [-0.05, 0) is 5.56 Å². The van der Waals surface area contributed by atoms with Gasteiger partial charge in [0.05, 0.1) is 10.8 Å². The largest absolute Gasteiger partial charge is 0.549 e. The van der Waals surface area contributed by atoms with E-state index in [2.05, 4.69) is 15.9 Å². The topological polar surface area (TPSA) is 76.6 Å². The monoisotopic (exact) mass is 231 g/mol. The fourth-order valence-corrected chi connectivity index (χ4v) is 1.06. The van der Waals surface area contributed by atoms with Gasteiger partial charge in [-0.2, -0.15) is 0 Å². The van der Waals surface area contributed by atoms with Crippen molar-refractivity contribution in [2.75, 3.05) is 0 Å². The maximum absolute atomic E-state index is 10.3. The van der Waals surface area contributed by atoms with Gasteiger partial charge in [-0.1, -0.05) is 46.3 Å². The van der Waals surface area contributed by atoms with Gasteiger partial charge < -0.3 is 16.1 Å². The normalized spacial score (nSPS) is 11.4. The Morgan fingerprint density at radius 1 is 1.33 bits per heavy atom. The Hall–Kier alpha value is -0.870. The minimum Gasteiger partial charge on any atom is -0.549 e. The summed E-state index contributed by atoms with van der Waals surface area (Å²) >= 11 is 2.99. The van der Waals surface area contributed by atoms with E-state index in [0.717, 1.165) is 0 Å². The number of rotatable bonds is 2. The molecule has 0 bridgehead atoms. The van der Waals surface area contributed by atoms with Crippen LogP contribution in [-0.2, 0) is 4.79 Å². The number of hydrogen-bond acceptors (Lipinski definition) is 2. The zero-order valence-electron chi connectivity index (χ0n) is 6.66. The van der Waals surface area contributed by atoms with Gasteiger partial charge >= 0.3 is 0 Å². The molecule has 0 aliphatic heterocycles.